The molecule has 0 spiro atoms. The van der Waals surface area contributed by atoms with E-state index in [0.29, 0.717) is 25.2 Å². The SMILES string of the molecule is O=C(Nc1cncc(Br)c1)N1C[C@@H]2CCC[C@@]2(C(=O)O)C1. The lowest BCUT2D eigenvalue weighted by Crippen LogP contribution is -2.38. The molecule has 7 heteroatoms. The quantitative estimate of drug-likeness (QED) is 0.855. The number of carboxylic acid groups (broad SMARTS) is 1. The number of nitrogens with one attached hydrogen (secondary N) is 1. The third kappa shape index (κ3) is 2.50. The number of nitrogens with zero attached hydrogens (tertiary/aromatic N) is 2. The van der Waals surface area contributed by atoms with Crippen molar-refractivity contribution >= 4 is 33.6 Å². The van der Waals surface area contributed by atoms with Gasteiger partial charge in [0.05, 0.1) is 17.3 Å². The fourth-order valence-corrected chi connectivity index (χ4v) is 3.84. The molecule has 6 nitrogen and oxygen atoms in total. The highest BCUT2D eigenvalue weighted by Crippen LogP contribution is 2.48. The number of anilines is 1. The van der Waals surface area contributed by atoms with Gasteiger partial charge in [0.2, 0.25) is 0 Å². The molecule has 1 aliphatic carbocycles. The van der Waals surface area contributed by atoms with Crippen molar-refractivity contribution in [2.24, 2.45) is 11.3 Å². The number of aromatic nitrogens is 1. The largest absolute Gasteiger partial charge is 0.481 e. The molecule has 112 valence electrons. The van der Waals surface area contributed by atoms with Gasteiger partial charge in [0, 0.05) is 23.8 Å². The van der Waals surface area contributed by atoms with Crippen molar-refractivity contribution in [3.05, 3.63) is 22.9 Å². The van der Waals surface area contributed by atoms with Crippen LogP contribution in [0, 0.1) is 11.3 Å². The van der Waals surface area contributed by atoms with Crippen LogP contribution < -0.4 is 5.32 Å². The monoisotopic (exact) mass is 353 g/mol. The van der Waals surface area contributed by atoms with Crippen LogP contribution in [0.15, 0.2) is 22.9 Å². The van der Waals surface area contributed by atoms with Crippen molar-refractivity contribution in [1.82, 2.24) is 9.88 Å². The van der Waals surface area contributed by atoms with Gasteiger partial charge in [0.1, 0.15) is 0 Å². The summed E-state index contributed by atoms with van der Waals surface area (Å²) in [5, 5.41) is 12.3. The first-order valence-electron chi connectivity index (χ1n) is 6.91. The molecule has 2 fully saturated rings. The van der Waals surface area contributed by atoms with E-state index in [1.165, 1.54) is 0 Å². The fraction of sp³-hybridized carbons (Fsp3) is 0.500. The molecule has 0 unspecified atom stereocenters. The highest BCUT2D eigenvalue weighted by molar-refractivity contribution is 9.10. The van der Waals surface area contributed by atoms with E-state index in [-0.39, 0.29) is 11.9 Å². The van der Waals surface area contributed by atoms with Crippen LogP contribution in [0.3, 0.4) is 0 Å². The molecule has 21 heavy (non-hydrogen) atoms. The molecule has 0 bridgehead atoms. The molecule has 1 saturated carbocycles. The van der Waals surface area contributed by atoms with Crippen molar-refractivity contribution in [3.8, 4) is 0 Å². The van der Waals surface area contributed by atoms with Crippen LogP contribution in [-0.2, 0) is 4.79 Å². The fourth-order valence-electron chi connectivity index (χ4n) is 3.48. The molecule has 0 aromatic carbocycles. The Bertz CT molecular complexity index is 595. The maximum atomic E-state index is 12.3. The highest BCUT2D eigenvalue weighted by Gasteiger charge is 2.55. The van der Waals surface area contributed by atoms with Crippen molar-refractivity contribution < 1.29 is 14.7 Å². The molecule has 1 aliphatic heterocycles. The van der Waals surface area contributed by atoms with Crippen molar-refractivity contribution in [2.75, 3.05) is 18.4 Å². The summed E-state index contributed by atoms with van der Waals surface area (Å²) in [7, 11) is 0. The van der Waals surface area contributed by atoms with E-state index >= 15 is 0 Å². The van der Waals surface area contributed by atoms with Gasteiger partial charge in [-0.15, -0.1) is 0 Å². The van der Waals surface area contributed by atoms with E-state index in [1.807, 2.05) is 0 Å². The zero-order valence-electron chi connectivity index (χ0n) is 11.4. The van der Waals surface area contributed by atoms with E-state index in [4.69, 9.17) is 0 Å². The number of likely N-dealkylation sites (tertiary alicyclic amines) is 1. The minimum atomic E-state index is -0.774. The number of halogens is 1. The molecule has 3 rings (SSSR count). The van der Waals surface area contributed by atoms with E-state index in [0.717, 1.165) is 17.3 Å². The predicted octanol–water partition coefficient (Wildman–Crippen LogP) is 2.56. The standard InChI is InChI=1S/C14H16BrN3O3/c15-10-4-11(6-16-5-10)17-13(21)18-7-9-2-1-3-14(9,8-18)12(19)20/h4-6,9H,1-3,7-8H2,(H,17,21)(H,19,20)/t9-,14+/m0/s1. The van der Waals surface area contributed by atoms with Gasteiger partial charge in [-0.05, 0) is 40.8 Å². The second kappa shape index (κ2) is 5.29. The third-order valence-electron chi connectivity index (χ3n) is 4.54. The summed E-state index contributed by atoms with van der Waals surface area (Å²) in [6.45, 7) is 0.805. The Morgan fingerprint density at radius 2 is 2.29 bits per heavy atom. The smallest absolute Gasteiger partial charge is 0.321 e. The van der Waals surface area contributed by atoms with Crippen LogP contribution in [0.1, 0.15) is 19.3 Å². The summed E-state index contributed by atoms with van der Waals surface area (Å²) >= 11 is 3.30. The Hall–Kier alpha value is -1.63. The second-order valence-corrected chi connectivity index (χ2v) is 6.67. The maximum Gasteiger partial charge on any atom is 0.321 e. The number of urea groups is 1. The van der Waals surface area contributed by atoms with Crippen molar-refractivity contribution in [1.29, 1.82) is 0 Å². The number of carboxylic acids is 1. The van der Waals surface area contributed by atoms with Gasteiger partial charge in [-0.25, -0.2) is 4.79 Å². The molecular weight excluding hydrogens is 338 g/mol. The first kappa shape index (κ1) is 14.3. The van der Waals surface area contributed by atoms with E-state index < -0.39 is 11.4 Å². The summed E-state index contributed by atoms with van der Waals surface area (Å²) in [5.74, 6) is -0.703. The molecular formula is C14H16BrN3O3. The van der Waals surface area contributed by atoms with Gasteiger partial charge in [0.15, 0.2) is 0 Å². The zero-order chi connectivity index (χ0) is 15.0. The lowest BCUT2D eigenvalue weighted by atomic mass is 9.81. The Balaban J connectivity index is 1.71. The number of pyridine rings is 1. The minimum absolute atomic E-state index is 0.0707. The lowest BCUT2D eigenvalue weighted by molar-refractivity contribution is -0.149. The molecule has 1 aromatic rings. The van der Waals surface area contributed by atoms with Gasteiger partial charge in [-0.3, -0.25) is 9.78 Å². The average molecular weight is 354 g/mol. The number of aliphatic carboxylic acids is 1. The number of carbonyl (C=O) groups is 2. The van der Waals surface area contributed by atoms with Gasteiger partial charge in [-0.2, -0.15) is 0 Å². The summed E-state index contributed by atoms with van der Waals surface area (Å²) in [4.78, 5) is 29.5. The Morgan fingerprint density at radius 1 is 1.48 bits per heavy atom. The zero-order valence-corrected chi connectivity index (χ0v) is 13.0. The van der Waals surface area contributed by atoms with Gasteiger partial charge in [-0.1, -0.05) is 6.42 Å². The summed E-state index contributed by atoms with van der Waals surface area (Å²) < 4.78 is 0.778. The molecule has 0 radical (unpaired) electrons. The second-order valence-electron chi connectivity index (χ2n) is 5.75. The van der Waals surface area contributed by atoms with Crippen LogP contribution >= 0.6 is 15.9 Å². The molecule has 2 amide bonds. The van der Waals surface area contributed by atoms with E-state index in [2.05, 4.69) is 26.2 Å². The van der Waals surface area contributed by atoms with Crippen LogP contribution in [0.25, 0.3) is 0 Å². The number of hydrogen-bond acceptors (Lipinski definition) is 3. The lowest BCUT2D eigenvalue weighted by Gasteiger charge is -2.23. The molecule has 2 aliphatic rings. The van der Waals surface area contributed by atoms with E-state index in [9.17, 15) is 14.7 Å². The first-order valence-corrected chi connectivity index (χ1v) is 7.70. The average Bonchev–Trinajstić information content (AvgIpc) is 2.95. The number of hydrogen-bond donors (Lipinski definition) is 2. The minimum Gasteiger partial charge on any atom is -0.481 e. The van der Waals surface area contributed by atoms with Crippen LogP contribution in [-0.4, -0.2) is 40.1 Å². The molecule has 1 saturated heterocycles. The van der Waals surface area contributed by atoms with Crippen molar-refractivity contribution in [3.63, 3.8) is 0 Å². The molecule has 2 heterocycles. The number of amides is 2. The maximum absolute atomic E-state index is 12.3. The normalized spacial score (nSPS) is 27.5. The van der Waals surface area contributed by atoms with Crippen LogP contribution in [0.4, 0.5) is 10.5 Å². The molecule has 2 N–H and O–H groups in total. The molecule has 2 atom stereocenters. The Kier molecular flexibility index (Phi) is 3.61. The summed E-state index contributed by atoms with van der Waals surface area (Å²) in [5.41, 5.74) is -0.150. The predicted molar refractivity (Wildman–Crippen MR) is 79.9 cm³/mol. The van der Waals surface area contributed by atoms with E-state index in [1.54, 1.807) is 23.4 Å². The first-order chi connectivity index (χ1) is 10.0. The highest BCUT2D eigenvalue weighted by atomic mass is 79.9. The Labute approximate surface area is 130 Å². The Morgan fingerprint density at radius 3 is 2.95 bits per heavy atom. The number of fused-ring (bicyclic) bond motifs is 1. The number of rotatable bonds is 2. The van der Waals surface area contributed by atoms with Crippen molar-refractivity contribution in [2.45, 2.75) is 19.3 Å². The summed E-state index contributed by atoms with van der Waals surface area (Å²) in [6, 6.07) is 1.50. The van der Waals surface area contributed by atoms with Crippen LogP contribution in [0.5, 0.6) is 0 Å². The van der Waals surface area contributed by atoms with Crippen LogP contribution in [0.2, 0.25) is 0 Å². The van der Waals surface area contributed by atoms with Gasteiger partial charge >= 0.3 is 12.0 Å². The molecule has 1 aromatic heterocycles. The third-order valence-corrected chi connectivity index (χ3v) is 4.97. The summed E-state index contributed by atoms with van der Waals surface area (Å²) in [6.07, 6.45) is 5.67. The number of carbonyl (C=O) groups excluding carboxylic acids is 1. The van der Waals surface area contributed by atoms with Gasteiger partial charge < -0.3 is 15.3 Å². The topological polar surface area (TPSA) is 82.5 Å². The van der Waals surface area contributed by atoms with Gasteiger partial charge in [0.25, 0.3) is 0 Å².